The summed E-state index contributed by atoms with van der Waals surface area (Å²) in [6.07, 6.45) is 3.20. The van der Waals surface area contributed by atoms with Crippen molar-refractivity contribution in [1.82, 2.24) is 10.5 Å². The van der Waals surface area contributed by atoms with E-state index in [1.54, 1.807) is 36.7 Å². The zero-order chi connectivity index (χ0) is 18.8. The Bertz CT molecular complexity index is 885. The third-order valence-electron chi connectivity index (χ3n) is 4.44. The maximum Gasteiger partial charge on any atom is 0.279 e. The molecule has 1 aliphatic heterocycles. The first kappa shape index (κ1) is 18.5. The molecular weight excluding hydrogens is 360 g/mol. The van der Waals surface area contributed by atoms with E-state index in [4.69, 9.17) is 9.94 Å². The smallest absolute Gasteiger partial charge is 0.279 e. The maximum atomic E-state index is 13.0. The number of rotatable bonds is 4. The Labute approximate surface area is 150 Å². The molecule has 0 spiro atoms. The van der Waals surface area contributed by atoms with Crippen LogP contribution in [-0.4, -0.2) is 53.7 Å². The number of sulfone groups is 1. The Morgan fingerprint density at radius 2 is 1.77 bits per heavy atom. The average molecular weight is 378 g/mol. The lowest BCUT2D eigenvalue weighted by Gasteiger charge is -2.36. The van der Waals surface area contributed by atoms with Crippen molar-refractivity contribution in [1.29, 1.82) is 0 Å². The Morgan fingerprint density at radius 3 is 2.38 bits per heavy atom. The van der Waals surface area contributed by atoms with Crippen LogP contribution in [0.5, 0.6) is 0 Å². The van der Waals surface area contributed by atoms with Crippen molar-refractivity contribution in [3.05, 3.63) is 48.8 Å². The predicted octanol–water partition coefficient (Wildman–Crippen LogP) is 0.548. The second kappa shape index (κ2) is 7.12. The summed E-state index contributed by atoms with van der Waals surface area (Å²) in [6, 6.07) is 9.74. The minimum Gasteiger partial charge on any atom is -0.378 e. The standard InChI is InChI=1S/C17H18N2O6S/c20-16(19-22)17(21)11-25-10-7-15(17)26(23,24)14-3-1-12(2-4-14)13-5-8-18-9-6-13/h1-6,8-9,15,21-22H,7,10-11H2,(H,19,20). The fourth-order valence-electron chi connectivity index (χ4n) is 3.02. The van der Waals surface area contributed by atoms with Crippen LogP contribution in [0.1, 0.15) is 6.42 Å². The van der Waals surface area contributed by atoms with Gasteiger partial charge in [0, 0.05) is 19.0 Å². The minimum absolute atomic E-state index is 0.0219. The predicted molar refractivity (Wildman–Crippen MR) is 91.0 cm³/mol. The number of benzene rings is 1. The molecule has 1 aromatic carbocycles. The molecule has 2 heterocycles. The molecule has 0 saturated carbocycles. The van der Waals surface area contributed by atoms with Crippen molar-refractivity contribution in [3.63, 3.8) is 0 Å². The molecule has 2 unspecified atom stereocenters. The van der Waals surface area contributed by atoms with E-state index in [0.29, 0.717) is 0 Å². The molecule has 1 aromatic heterocycles. The lowest BCUT2D eigenvalue weighted by molar-refractivity contribution is -0.161. The highest BCUT2D eigenvalue weighted by Crippen LogP contribution is 2.32. The summed E-state index contributed by atoms with van der Waals surface area (Å²) in [5, 5.41) is 18.0. The van der Waals surface area contributed by atoms with E-state index in [9.17, 15) is 18.3 Å². The van der Waals surface area contributed by atoms with Gasteiger partial charge in [0.15, 0.2) is 15.4 Å². The molecule has 1 aliphatic rings. The molecule has 3 rings (SSSR count). The van der Waals surface area contributed by atoms with Gasteiger partial charge in [-0.3, -0.25) is 15.0 Å². The van der Waals surface area contributed by atoms with Crippen LogP contribution in [-0.2, 0) is 19.4 Å². The number of aromatic nitrogens is 1. The number of ether oxygens (including phenoxy) is 1. The number of hydroxylamine groups is 1. The fourth-order valence-corrected chi connectivity index (χ4v) is 4.95. The fraction of sp³-hybridized carbons (Fsp3) is 0.294. The number of nitrogens with zero attached hydrogens (tertiary/aromatic N) is 1. The van der Waals surface area contributed by atoms with Crippen LogP contribution >= 0.6 is 0 Å². The van der Waals surface area contributed by atoms with E-state index >= 15 is 0 Å². The molecule has 2 aromatic rings. The van der Waals surface area contributed by atoms with Gasteiger partial charge in [-0.2, -0.15) is 0 Å². The van der Waals surface area contributed by atoms with Gasteiger partial charge in [-0.1, -0.05) is 12.1 Å². The second-order valence-electron chi connectivity index (χ2n) is 6.00. The minimum atomic E-state index is -4.04. The highest BCUT2D eigenvalue weighted by Gasteiger charge is 2.53. The molecule has 2 atom stereocenters. The molecule has 9 heteroatoms. The first-order valence-corrected chi connectivity index (χ1v) is 9.43. The molecule has 1 amide bonds. The molecule has 1 saturated heterocycles. The quantitative estimate of drug-likeness (QED) is 0.524. The van der Waals surface area contributed by atoms with E-state index in [0.717, 1.165) is 11.1 Å². The number of hydrogen-bond acceptors (Lipinski definition) is 7. The summed E-state index contributed by atoms with van der Waals surface area (Å²) in [7, 11) is -4.04. The number of hydrogen-bond donors (Lipinski definition) is 3. The summed E-state index contributed by atoms with van der Waals surface area (Å²) in [6.45, 7) is -0.432. The summed E-state index contributed by atoms with van der Waals surface area (Å²) < 4.78 is 31.0. The summed E-state index contributed by atoms with van der Waals surface area (Å²) in [5.74, 6) is -1.21. The highest BCUT2D eigenvalue weighted by molar-refractivity contribution is 7.92. The molecule has 3 N–H and O–H groups in total. The molecule has 0 bridgehead atoms. The van der Waals surface area contributed by atoms with Gasteiger partial charge in [0.05, 0.1) is 11.5 Å². The molecule has 138 valence electrons. The van der Waals surface area contributed by atoms with Gasteiger partial charge in [0.1, 0.15) is 5.25 Å². The van der Waals surface area contributed by atoms with E-state index in [1.165, 1.54) is 17.6 Å². The van der Waals surface area contributed by atoms with Crippen LogP contribution in [0, 0.1) is 0 Å². The third kappa shape index (κ3) is 3.21. The van der Waals surface area contributed by atoms with Gasteiger partial charge in [-0.05, 0) is 41.8 Å². The Hall–Kier alpha value is -2.33. The summed E-state index contributed by atoms with van der Waals surface area (Å²) in [5.41, 5.74) is 0.642. The monoisotopic (exact) mass is 378 g/mol. The number of carbonyl (C=O) groups is 1. The van der Waals surface area contributed by atoms with Gasteiger partial charge in [-0.15, -0.1) is 0 Å². The first-order valence-electron chi connectivity index (χ1n) is 7.88. The van der Waals surface area contributed by atoms with Crippen LogP contribution in [0.2, 0.25) is 0 Å². The molecular formula is C17H18N2O6S. The van der Waals surface area contributed by atoms with Gasteiger partial charge in [-0.25, -0.2) is 13.9 Å². The Morgan fingerprint density at radius 1 is 1.15 bits per heavy atom. The molecule has 0 aliphatic carbocycles. The van der Waals surface area contributed by atoms with Crippen molar-refractivity contribution < 1.29 is 28.3 Å². The second-order valence-corrected chi connectivity index (χ2v) is 8.13. The van der Waals surface area contributed by atoms with Crippen LogP contribution in [0.4, 0.5) is 0 Å². The highest BCUT2D eigenvalue weighted by atomic mass is 32.2. The zero-order valence-electron chi connectivity index (χ0n) is 13.7. The molecule has 26 heavy (non-hydrogen) atoms. The van der Waals surface area contributed by atoms with Crippen molar-refractivity contribution in [2.75, 3.05) is 13.2 Å². The van der Waals surface area contributed by atoms with Gasteiger partial charge >= 0.3 is 0 Å². The maximum absolute atomic E-state index is 13.0. The molecule has 8 nitrogen and oxygen atoms in total. The number of pyridine rings is 1. The van der Waals surface area contributed by atoms with Crippen LogP contribution in [0.15, 0.2) is 53.7 Å². The number of aliphatic hydroxyl groups is 1. The molecule has 0 radical (unpaired) electrons. The lowest BCUT2D eigenvalue weighted by atomic mass is 9.95. The van der Waals surface area contributed by atoms with Gasteiger partial charge < -0.3 is 9.84 Å². The summed E-state index contributed by atoms with van der Waals surface area (Å²) >= 11 is 0. The van der Waals surface area contributed by atoms with Gasteiger partial charge in [0.2, 0.25) is 0 Å². The van der Waals surface area contributed by atoms with Crippen molar-refractivity contribution in [3.8, 4) is 11.1 Å². The van der Waals surface area contributed by atoms with Crippen LogP contribution in [0.25, 0.3) is 11.1 Å². The molecule has 1 fully saturated rings. The van der Waals surface area contributed by atoms with Crippen LogP contribution in [0.3, 0.4) is 0 Å². The number of amides is 1. The normalized spacial score (nSPS) is 23.4. The number of nitrogens with one attached hydrogen (secondary N) is 1. The van der Waals surface area contributed by atoms with Crippen molar-refractivity contribution in [2.24, 2.45) is 0 Å². The topological polar surface area (TPSA) is 126 Å². The van der Waals surface area contributed by atoms with E-state index in [2.05, 4.69) is 4.98 Å². The Kier molecular flexibility index (Phi) is 5.05. The van der Waals surface area contributed by atoms with Crippen molar-refractivity contribution >= 4 is 15.7 Å². The van der Waals surface area contributed by atoms with Gasteiger partial charge in [0.25, 0.3) is 5.91 Å². The van der Waals surface area contributed by atoms with Crippen molar-refractivity contribution in [2.45, 2.75) is 22.2 Å². The summed E-state index contributed by atoms with van der Waals surface area (Å²) in [4.78, 5) is 15.8. The zero-order valence-corrected chi connectivity index (χ0v) is 14.5. The third-order valence-corrected chi connectivity index (χ3v) is 6.75. The van der Waals surface area contributed by atoms with E-state index in [-0.39, 0.29) is 17.9 Å². The Balaban J connectivity index is 1.95. The van der Waals surface area contributed by atoms with Crippen LogP contribution < -0.4 is 5.48 Å². The lowest BCUT2D eigenvalue weighted by Crippen LogP contribution is -2.62. The number of carbonyl (C=O) groups excluding carboxylic acids is 1. The van der Waals surface area contributed by atoms with E-state index < -0.39 is 33.2 Å². The largest absolute Gasteiger partial charge is 0.378 e. The average Bonchev–Trinajstić information content (AvgIpc) is 2.68. The SMILES string of the molecule is O=C(NO)C1(O)COCCC1S(=O)(=O)c1ccc(-c2ccncc2)cc1. The van der Waals surface area contributed by atoms with E-state index in [1.807, 2.05) is 0 Å². The first-order chi connectivity index (χ1) is 12.4.